The van der Waals surface area contributed by atoms with Gasteiger partial charge in [-0.1, -0.05) is 41.4 Å². The van der Waals surface area contributed by atoms with E-state index in [1.165, 1.54) is 4.90 Å². The van der Waals surface area contributed by atoms with E-state index in [1.54, 1.807) is 18.2 Å². The fourth-order valence-corrected chi connectivity index (χ4v) is 4.50. The molecule has 0 spiro atoms. The number of halogens is 2. The molecule has 4 nitrogen and oxygen atoms in total. The lowest BCUT2D eigenvalue weighted by Gasteiger charge is -2.29. The van der Waals surface area contributed by atoms with Crippen LogP contribution in [0.15, 0.2) is 42.1 Å². The third-order valence-electron chi connectivity index (χ3n) is 5.63. The second-order valence-electron chi connectivity index (χ2n) is 7.64. The van der Waals surface area contributed by atoms with Crippen molar-refractivity contribution in [3.63, 3.8) is 0 Å². The van der Waals surface area contributed by atoms with Crippen molar-refractivity contribution >= 4 is 46.3 Å². The molecule has 150 valence electrons. The van der Waals surface area contributed by atoms with E-state index in [4.69, 9.17) is 23.2 Å². The number of hydrogen-bond donors (Lipinski definition) is 0. The van der Waals surface area contributed by atoms with Gasteiger partial charge in [-0.05, 0) is 68.0 Å². The van der Waals surface area contributed by atoms with Gasteiger partial charge in [0, 0.05) is 23.1 Å². The Labute approximate surface area is 180 Å². The summed E-state index contributed by atoms with van der Waals surface area (Å²) in [5, 5.41) is 0.763. The fourth-order valence-electron chi connectivity index (χ4n) is 3.99. The molecule has 0 N–H and O–H groups in total. The minimum Gasteiger partial charge on any atom is -0.366 e. The van der Waals surface area contributed by atoms with Gasteiger partial charge >= 0.3 is 0 Å². The number of carbonyl (C=O) groups excluding carboxylic acids is 2. The van der Waals surface area contributed by atoms with Gasteiger partial charge in [0.2, 0.25) is 0 Å². The van der Waals surface area contributed by atoms with Crippen LogP contribution < -0.4 is 4.90 Å². The number of aryl methyl sites for hydroxylation is 2. The van der Waals surface area contributed by atoms with E-state index < -0.39 is 0 Å². The van der Waals surface area contributed by atoms with E-state index in [0.717, 1.165) is 49.0 Å². The number of carbonyl (C=O) groups is 2. The first kappa shape index (κ1) is 20.0. The summed E-state index contributed by atoms with van der Waals surface area (Å²) in [4.78, 5) is 30.3. The maximum Gasteiger partial charge on any atom is 0.282 e. The van der Waals surface area contributed by atoms with Gasteiger partial charge in [-0.25, -0.2) is 4.90 Å². The topological polar surface area (TPSA) is 40.6 Å². The van der Waals surface area contributed by atoms with Crippen LogP contribution in [0.2, 0.25) is 10.0 Å². The van der Waals surface area contributed by atoms with Crippen molar-refractivity contribution in [2.45, 2.75) is 33.1 Å². The monoisotopic (exact) mass is 428 g/mol. The molecule has 2 aliphatic rings. The normalized spacial score (nSPS) is 17.5. The molecular weight excluding hydrogens is 407 g/mol. The number of anilines is 1. The van der Waals surface area contributed by atoms with Crippen LogP contribution in [0.25, 0.3) is 5.57 Å². The highest BCUT2D eigenvalue weighted by atomic mass is 35.5. The molecule has 0 aliphatic carbocycles. The number of hydrogen-bond acceptors (Lipinski definition) is 3. The van der Waals surface area contributed by atoms with E-state index in [9.17, 15) is 9.59 Å². The third kappa shape index (κ3) is 3.67. The zero-order valence-corrected chi connectivity index (χ0v) is 18.0. The van der Waals surface area contributed by atoms with Crippen molar-refractivity contribution < 1.29 is 9.59 Å². The highest BCUT2D eigenvalue weighted by molar-refractivity contribution is 6.46. The second kappa shape index (κ2) is 7.85. The first-order valence-electron chi connectivity index (χ1n) is 9.78. The van der Waals surface area contributed by atoms with Gasteiger partial charge < -0.3 is 4.90 Å². The average Bonchev–Trinajstić information content (AvgIpc) is 2.94. The standard InChI is InChI=1S/C23H22Cl2N2O2/c1-14-6-7-16(10-15(14)2)20-21(26-8-4-3-5-9-26)23(29)27(22(20)28)19-12-17(24)11-18(25)13-19/h6-7,10-13H,3-5,8-9H2,1-2H3. The first-order valence-corrected chi connectivity index (χ1v) is 10.5. The van der Waals surface area contributed by atoms with Crippen molar-refractivity contribution in [2.75, 3.05) is 18.0 Å². The molecule has 1 fully saturated rings. The molecule has 29 heavy (non-hydrogen) atoms. The molecule has 0 atom stereocenters. The molecule has 2 amide bonds. The molecule has 2 heterocycles. The smallest absolute Gasteiger partial charge is 0.282 e. The van der Waals surface area contributed by atoms with Crippen LogP contribution in [0.5, 0.6) is 0 Å². The SMILES string of the molecule is Cc1ccc(C2=C(N3CCCCC3)C(=O)N(c3cc(Cl)cc(Cl)c3)C2=O)cc1C. The van der Waals surface area contributed by atoms with Crippen molar-refractivity contribution in [1.82, 2.24) is 4.90 Å². The minimum absolute atomic E-state index is 0.316. The van der Waals surface area contributed by atoms with Crippen molar-refractivity contribution in [1.29, 1.82) is 0 Å². The van der Waals surface area contributed by atoms with Crippen molar-refractivity contribution in [2.24, 2.45) is 0 Å². The summed E-state index contributed by atoms with van der Waals surface area (Å²) in [7, 11) is 0. The zero-order valence-electron chi connectivity index (χ0n) is 16.5. The highest BCUT2D eigenvalue weighted by Gasteiger charge is 2.42. The minimum atomic E-state index is -0.336. The number of benzene rings is 2. The molecule has 1 saturated heterocycles. The third-order valence-corrected chi connectivity index (χ3v) is 6.07. The summed E-state index contributed by atoms with van der Waals surface area (Å²) in [5.41, 5.74) is 4.32. The molecule has 2 aliphatic heterocycles. The van der Waals surface area contributed by atoms with Gasteiger partial charge in [0.15, 0.2) is 0 Å². The Hall–Kier alpha value is -2.30. The second-order valence-corrected chi connectivity index (χ2v) is 8.52. The van der Waals surface area contributed by atoms with Gasteiger partial charge in [-0.3, -0.25) is 9.59 Å². The lowest BCUT2D eigenvalue weighted by molar-refractivity contribution is -0.120. The number of piperidine rings is 1. The predicted octanol–water partition coefficient (Wildman–Crippen LogP) is 5.38. The van der Waals surface area contributed by atoms with E-state index >= 15 is 0 Å². The Bertz CT molecular complexity index is 1020. The maximum atomic E-state index is 13.5. The molecule has 0 bridgehead atoms. The summed E-state index contributed by atoms with van der Waals surface area (Å²) >= 11 is 12.3. The van der Waals surface area contributed by atoms with E-state index in [0.29, 0.717) is 27.0 Å². The van der Waals surface area contributed by atoms with Crippen LogP contribution in [0, 0.1) is 13.8 Å². The maximum absolute atomic E-state index is 13.5. The largest absolute Gasteiger partial charge is 0.366 e. The molecule has 0 aromatic heterocycles. The number of amides is 2. The number of nitrogens with zero attached hydrogens (tertiary/aromatic N) is 2. The summed E-state index contributed by atoms with van der Waals surface area (Å²) in [6.07, 6.45) is 3.15. The Kier molecular flexibility index (Phi) is 5.41. The molecule has 0 unspecified atom stereocenters. The molecule has 0 radical (unpaired) electrons. The number of rotatable bonds is 3. The van der Waals surface area contributed by atoms with Crippen LogP contribution in [-0.2, 0) is 9.59 Å². The number of likely N-dealkylation sites (tertiary alicyclic amines) is 1. The number of imide groups is 1. The molecule has 0 saturated carbocycles. The fraction of sp³-hybridized carbons (Fsp3) is 0.304. The van der Waals surface area contributed by atoms with Gasteiger partial charge in [-0.15, -0.1) is 0 Å². The van der Waals surface area contributed by atoms with Crippen molar-refractivity contribution in [3.05, 3.63) is 68.8 Å². The van der Waals surface area contributed by atoms with Crippen LogP contribution in [0.1, 0.15) is 36.0 Å². The van der Waals surface area contributed by atoms with E-state index in [-0.39, 0.29) is 11.8 Å². The molecular formula is C23H22Cl2N2O2. The lowest BCUT2D eigenvalue weighted by atomic mass is 9.98. The van der Waals surface area contributed by atoms with Crippen LogP contribution >= 0.6 is 23.2 Å². The quantitative estimate of drug-likeness (QED) is 0.615. The molecule has 4 rings (SSSR count). The van der Waals surface area contributed by atoms with Gasteiger partial charge in [-0.2, -0.15) is 0 Å². The van der Waals surface area contributed by atoms with Gasteiger partial charge in [0.05, 0.1) is 11.3 Å². The highest BCUT2D eigenvalue weighted by Crippen LogP contribution is 2.37. The van der Waals surface area contributed by atoms with E-state index in [1.807, 2.05) is 32.0 Å². The summed E-state index contributed by atoms with van der Waals surface area (Å²) < 4.78 is 0. The lowest BCUT2D eigenvalue weighted by Crippen LogP contribution is -2.37. The predicted molar refractivity (Wildman–Crippen MR) is 117 cm³/mol. The molecule has 2 aromatic carbocycles. The van der Waals surface area contributed by atoms with E-state index in [2.05, 4.69) is 4.90 Å². The van der Waals surface area contributed by atoms with Gasteiger partial charge in [0.1, 0.15) is 5.70 Å². The summed E-state index contributed by atoms with van der Waals surface area (Å²) in [5.74, 6) is -0.652. The Morgan fingerprint density at radius 1 is 0.793 bits per heavy atom. The Balaban J connectivity index is 1.86. The summed E-state index contributed by atoms with van der Waals surface area (Å²) in [6.45, 7) is 5.58. The molecule has 6 heteroatoms. The average molecular weight is 429 g/mol. The Morgan fingerprint density at radius 3 is 2.07 bits per heavy atom. The van der Waals surface area contributed by atoms with Gasteiger partial charge in [0.25, 0.3) is 11.8 Å². The van der Waals surface area contributed by atoms with Crippen LogP contribution in [0.3, 0.4) is 0 Å². The first-order chi connectivity index (χ1) is 13.9. The van der Waals surface area contributed by atoms with Crippen LogP contribution in [0.4, 0.5) is 5.69 Å². The summed E-state index contributed by atoms with van der Waals surface area (Å²) in [6, 6.07) is 10.7. The Morgan fingerprint density at radius 2 is 1.45 bits per heavy atom. The van der Waals surface area contributed by atoms with Crippen LogP contribution in [-0.4, -0.2) is 29.8 Å². The zero-order chi connectivity index (χ0) is 20.7. The molecule has 2 aromatic rings. The van der Waals surface area contributed by atoms with Crippen molar-refractivity contribution in [3.8, 4) is 0 Å².